The first kappa shape index (κ1) is 8.71. The fraction of sp³-hybridized carbons (Fsp3) is 0.167. The van der Waals surface area contributed by atoms with E-state index in [0.717, 1.165) is 10.8 Å². The smallest absolute Gasteiger partial charge is 0.228 e. The predicted molar refractivity (Wildman–Crippen MR) is 55.5 cm³/mol. The highest BCUT2D eigenvalue weighted by molar-refractivity contribution is 5.88. The molecule has 76 valence electrons. The predicted octanol–water partition coefficient (Wildman–Crippen LogP) is 1.58. The molecule has 1 aliphatic rings. The van der Waals surface area contributed by atoms with Gasteiger partial charge in [0.2, 0.25) is 6.29 Å². The molecule has 3 rings (SSSR count). The molecule has 0 aliphatic carbocycles. The molecule has 1 heterocycles. The maximum Gasteiger partial charge on any atom is 0.228 e. The van der Waals surface area contributed by atoms with E-state index in [1.807, 2.05) is 30.3 Å². The second-order valence-electron chi connectivity index (χ2n) is 3.65. The summed E-state index contributed by atoms with van der Waals surface area (Å²) < 4.78 is 5.13. The Kier molecular flexibility index (Phi) is 1.71. The first-order valence-electron chi connectivity index (χ1n) is 4.82. The molecule has 2 aromatic carbocycles. The number of benzene rings is 2. The topological polar surface area (TPSA) is 49.7 Å². The molecule has 1 aliphatic heterocycles. The van der Waals surface area contributed by atoms with E-state index in [-0.39, 0.29) is 0 Å². The van der Waals surface area contributed by atoms with Crippen molar-refractivity contribution < 1.29 is 14.9 Å². The average molecular weight is 202 g/mol. The molecule has 0 spiro atoms. The van der Waals surface area contributed by atoms with Gasteiger partial charge in [-0.05, 0) is 16.8 Å². The first-order chi connectivity index (χ1) is 7.27. The van der Waals surface area contributed by atoms with Crippen LogP contribution >= 0.6 is 0 Å². The Balaban J connectivity index is 2.35. The van der Waals surface area contributed by atoms with Gasteiger partial charge in [-0.15, -0.1) is 0 Å². The van der Waals surface area contributed by atoms with Crippen molar-refractivity contribution >= 4 is 10.8 Å². The number of rotatable bonds is 0. The van der Waals surface area contributed by atoms with Crippen LogP contribution in [-0.2, 0) is 0 Å². The highest BCUT2D eigenvalue weighted by Gasteiger charge is 2.32. The summed E-state index contributed by atoms with van der Waals surface area (Å²) >= 11 is 0. The molecule has 2 atom stereocenters. The molecule has 0 saturated heterocycles. The zero-order valence-electron chi connectivity index (χ0n) is 7.92. The Morgan fingerprint density at radius 1 is 1.00 bits per heavy atom. The summed E-state index contributed by atoms with van der Waals surface area (Å²) in [5.74, 6) is 0.564. The monoisotopic (exact) mass is 202 g/mol. The third-order valence-electron chi connectivity index (χ3n) is 2.74. The van der Waals surface area contributed by atoms with Crippen LogP contribution in [0.2, 0.25) is 0 Å². The number of aliphatic hydroxyl groups excluding tert-OH is 2. The molecule has 0 amide bonds. The third kappa shape index (κ3) is 1.14. The van der Waals surface area contributed by atoms with Crippen LogP contribution in [0.1, 0.15) is 11.7 Å². The molecule has 0 radical (unpaired) electrons. The molecule has 0 fully saturated rings. The molecule has 2 N–H and O–H groups in total. The summed E-state index contributed by atoms with van der Waals surface area (Å²) in [5.41, 5.74) is 0.681. The lowest BCUT2D eigenvalue weighted by molar-refractivity contribution is -0.0824. The number of hydrogen-bond acceptors (Lipinski definition) is 3. The summed E-state index contributed by atoms with van der Waals surface area (Å²) in [6, 6.07) is 11.4. The number of aliphatic hydroxyl groups is 2. The van der Waals surface area contributed by atoms with Crippen molar-refractivity contribution in [1.29, 1.82) is 0 Å². The summed E-state index contributed by atoms with van der Waals surface area (Å²) in [4.78, 5) is 0. The molecular formula is C12H10O3. The second kappa shape index (κ2) is 2.95. The standard InChI is InChI=1S/C12H10O3/c13-11-10-8-4-2-1-3-7(8)5-6-9(10)15-12(11)14/h1-6,11-14H. The van der Waals surface area contributed by atoms with Crippen molar-refractivity contribution in [3.63, 3.8) is 0 Å². The van der Waals surface area contributed by atoms with Crippen molar-refractivity contribution in [1.82, 2.24) is 0 Å². The van der Waals surface area contributed by atoms with E-state index in [4.69, 9.17) is 4.74 Å². The Hall–Kier alpha value is -1.58. The minimum absolute atomic E-state index is 0.564. The zero-order valence-corrected chi connectivity index (χ0v) is 7.92. The van der Waals surface area contributed by atoms with Gasteiger partial charge in [-0.1, -0.05) is 30.3 Å². The summed E-state index contributed by atoms with van der Waals surface area (Å²) in [6.45, 7) is 0. The van der Waals surface area contributed by atoms with E-state index >= 15 is 0 Å². The van der Waals surface area contributed by atoms with Crippen LogP contribution in [0.3, 0.4) is 0 Å². The second-order valence-corrected chi connectivity index (χ2v) is 3.65. The van der Waals surface area contributed by atoms with Crippen LogP contribution < -0.4 is 4.74 Å². The quantitative estimate of drug-likeness (QED) is 0.682. The van der Waals surface area contributed by atoms with Gasteiger partial charge in [0.1, 0.15) is 11.9 Å². The Morgan fingerprint density at radius 3 is 2.67 bits per heavy atom. The van der Waals surface area contributed by atoms with Crippen LogP contribution in [0.15, 0.2) is 36.4 Å². The van der Waals surface area contributed by atoms with Crippen molar-refractivity contribution in [2.24, 2.45) is 0 Å². The molecule has 15 heavy (non-hydrogen) atoms. The van der Waals surface area contributed by atoms with Gasteiger partial charge in [-0.3, -0.25) is 0 Å². The van der Waals surface area contributed by atoms with Crippen LogP contribution in [0.25, 0.3) is 10.8 Å². The Morgan fingerprint density at radius 2 is 1.80 bits per heavy atom. The van der Waals surface area contributed by atoms with Gasteiger partial charge in [0.05, 0.1) is 0 Å². The maximum absolute atomic E-state index is 9.77. The molecule has 0 bridgehead atoms. The van der Waals surface area contributed by atoms with E-state index < -0.39 is 12.4 Å². The van der Waals surface area contributed by atoms with Crippen LogP contribution in [0.5, 0.6) is 5.75 Å². The van der Waals surface area contributed by atoms with Gasteiger partial charge in [0.25, 0.3) is 0 Å². The normalized spacial score (nSPS) is 23.9. The van der Waals surface area contributed by atoms with Crippen LogP contribution in [-0.4, -0.2) is 16.5 Å². The van der Waals surface area contributed by atoms with E-state index in [9.17, 15) is 10.2 Å². The van der Waals surface area contributed by atoms with Crippen molar-refractivity contribution in [2.75, 3.05) is 0 Å². The molecule has 2 unspecified atom stereocenters. The SMILES string of the molecule is OC1Oc2ccc3ccccc3c2C1O. The summed E-state index contributed by atoms with van der Waals surface area (Å²) in [6.07, 6.45) is -2.10. The molecule has 3 nitrogen and oxygen atoms in total. The van der Waals surface area contributed by atoms with Gasteiger partial charge >= 0.3 is 0 Å². The highest BCUT2D eigenvalue weighted by Crippen LogP contribution is 2.40. The first-order valence-corrected chi connectivity index (χ1v) is 4.82. The van der Waals surface area contributed by atoms with Crippen molar-refractivity contribution in [3.05, 3.63) is 42.0 Å². The summed E-state index contributed by atoms with van der Waals surface area (Å²) in [7, 11) is 0. The Labute approximate surface area is 86.5 Å². The lowest BCUT2D eigenvalue weighted by Crippen LogP contribution is -2.16. The molecule has 0 aromatic heterocycles. The van der Waals surface area contributed by atoms with Crippen LogP contribution in [0, 0.1) is 0 Å². The molecule has 0 saturated carbocycles. The summed E-state index contributed by atoms with van der Waals surface area (Å²) in [5, 5.41) is 21.1. The number of fused-ring (bicyclic) bond motifs is 3. The molecular weight excluding hydrogens is 192 g/mol. The van der Waals surface area contributed by atoms with E-state index in [1.165, 1.54) is 0 Å². The van der Waals surface area contributed by atoms with Gasteiger partial charge < -0.3 is 14.9 Å². The zero-order chi connectivity index (χ0) is 10.4. The number of ether oxygens (including phenoxy) is 1. The molecule has 3 heteroatoms. The van der Waals surface area contributed by atoms with Gasteiger partial charge in [0, 0.05) is 5.56 Å². The maximum atomic E-state index is 9.77. The third-order valence-corrected chi connectivity index (χ3v) is 2.74. The minimum atomic E-state index is -1.15. The van der Waals surface area contributed by atoms with Gasteiger partial charge in [0.15, 0.2) is 0 Å². The molecule has 2 aromatic rings. The fourth-order valence-electron chi connectivity index (χ4n) is 2.02. The fourth-order valence-corrected chi connectivity index (χ4v) is 2.02. The van der Waals surface area contributed by atoms with Crippen molar-refractivity contribution in [3.8, 4) is 5.75 Å². The average Bonchev–Trinajstić information content (AvgIpc) is 2.55. The minimum Gasteiger partial charge on any atom is -0.462 e. The Bertz CT molecular complexity index is 521. The van der Waals surface area contributed by atoms with Crippen molar-refractivity contribution in [2.45, 2.75) is 12.4 Å². The van der Waals surface area contributed by atoms with E-state index in [0.29, 0.717) is 11.3 Å². The number of hydrogen-bond donors (Lipinski definition) is 2. The highest BCUT2D eigenvalue weighted by atomic mass is 16.6. The van der Waals surface area contributed by atoms with E-state index in [2.05, 4.69) is 0 Å². The van der Waals surface area contributed by atoms with Gasteiger partial charge in [-0.2, -0.15) is 0 Å². The lowest BCUT2D eigenvalue weighted by Gasteiger charge is -2.06. The largest absolute Gasteiger partial charge is 0.462 e. The lowest BCUT2D eigenvalue weighted by atomic mass is 10.0. The van der Waals surface area contributed by atoms with E-state index in [1.54, 1.807) is 6.07 Å². The van der Waals surface area contributed by atoms with Gasteiger partial charge in [-0.25, -0.2) is 0 Å². The van der Waals surface area contributed by atoms with Crippen LogP contribution in [0.4, 0.5) is 0 Å².